The van der Waals surface area contributed by atoms with Gasteiger partial charge in [0, 0.05) is 18.6 Å². The summed E-state index contributed by atoms with van der Waals surface area (Å²) >= 11 is 0. The zero-order valence-electron chi connectivity index (χ0n) is 9.47. The average Bonchev–Trinajstić information content (AvgIpc) is 2.59. The fraction of sp³-hybridized carbons (Fsp3) is 1.00. The lowest BCUT2D eigenvalue weighted by Gasteiger charge is -2.32. The summed E-state index contributed by atoms with van der Waals surface area (Å²) in [6.07, 6.45) is 10.1. The predicted molar refractivity (Wildman–Crippen MR) is 60.5 cm³/mol. The van der Waals surface area contributed by atoms with Gasteiger partial charge in [0.05, 0.1) is 0 Å². The summed E-state index contributed by atoms with van der Waals surface area (Å²) in [4.78, 5) is 2.66. The molecule has 1 saturated heterocycles. The monoisotopic (exact) mass is 196 g/mol. The Hall–Kier alpha value is -0.0800. The van der Waals surface area contributed by atoms with Crippen molar-refractivity contribution in [1.29, 1.82) is 0 Å². The maximum atomic E-state index is 3.47. The standard InChI is InChI=1S/C12H24N2/c1-14(12-8-9-13-10-12)11-6-4-2-3-5-7-11/h11-13H,2-10H2,1H3. The Balaban J connectivity index is 1.84. The van der Waals surface area contributed by atoms with Crippen molar-refractivity contribution in [2.24, 2.45) is 0 Å². The van der Waals surface area contributed by atoms with Gasteiger partial charge < -0.3 is 5.32 Å². The molecular weight excluding hydrogens is 172 g/mol. The molecule has 14 heavy (non-hydrogen) atoms. The van der Waals surface area contributed by atoms with Crippen molar-refractivity contribution in [1.82, 2.24) is 10.2 Å². The molecule has 1 unspecified atom stereocenters. The topological polar surface area (TPSA) is 15.3 Å². The molecule has 0 aromatic carbocycles. The summed E-state index contributed by atoms with van der Waals surface area (Å²) in [7, 11) is 2.34. The van der Waals surface area contributed by atoms with Crippen LogP contribution in [0.3, 0.4) is 0 Å². The van der Waals surface area contributed by atoms with E-state index in [4.69, 9.17) is 0 Å². The molecule has 0 aromatic rings. The van der Waals surface area contributed by atoms with Crippen LogP contribution in [0.15, 0.2) is 0 Å². The molecule has 1 heterocycles. The Kier molecular flexibility index (Phi) is 3.82. The van der Waals surface area contributed by atoms with E-state index in [2.05, 4.69) is 17.3 Å². The van der Waals surface area contributed by atoms with Crippen LogP contribution in [0.2, 0.25) is 0 Å². The first-order valence-electron chi connectivity index (χ1n) is 6.30. The number of likely N-dealkylation sites (N-methyl/N-ethyl adjacent to an activating group) is 1. The van der Waals surface area contributed by atoms with Crippen molar-refractivity contribution < 1.29 is 0 Å². The molecule has 0 radical (unpaired) electrons. The van der Waals surface area contributed by atoms with E-state index in [1.54, 1.807) is 0 Å². The van der Waals surface area contributed by atoms with Crippen LogP contribution >= 0.6 is 0 Å². The van der Waals surface area contributed by atoms with E-state index < -0.39 is 0 Å². The molecule has 1 atom stereocenters. The van der Waals surface area contributed by atoms with Gasteiger partial charge in [0.25, 0.3) is 0 Å². The van der Waals surface area contributed by atoms with E-state index in [1.165, 1.54) is 58.0 Å². The van der Waals surface area contributed by atoms with Crippen LogP contribution in [-0.2, 0) is 0 Å². The maximum Gasteiger partial charge on any atom is 0.0232 e. The maximum absolute atomic E-state index is 3.47. The first-order valence-corrected chi connectivity index (χ1v) is 6.30. The second kappa shape index (κ2) is 5.13. The molecule has 0 spiro atoms. The molecule has 1 N–H and O–H groups in total. The molecular formula is C12H24N2. The average molecular weight is 196 g/mol. The zero-order valence-corrected chi connectivity index (χ0v) is 9.47. The Morgan fingerprint density at radius 3 is 2.21 bits per heavy atom. The van der Waals surface area contributed by atoms with Crippen molar-refractivity contribution in [2.75, 3.05) is 20.1 Å². The minimum atomic E-state index is 0.818. The van der Waals surface area contributed by atoms with E-state index in [-0.39, 0.29) is 0 Å². The summed E-state index contributed by atoms with van der Waals surface area (Å²) in [6.45, 7) is 2.44. The highest BCUT2D eigenvalue weighted by atomic mass is 15.2. The lowest BCUT2D eigenvalue weighted by molar-refractivity contribution is 0.167. The predicted octanol–water partition coefficient (Wildman–Crippen LogP) is 2.00. The van der Waals surface area contributed by atoms with Gasteiger partial charge in [0.2, 0.25) is 0 Å². The second-order valence-corrected chi connectivity index (χ2v) is 4.96. The molecule has 0 bridgehead atoms. The Labute approximate surface area is 88.1 Å². The number of nitrogens with one attached hydrogen (secondary N) is 1. The molecule has 0 aromatic heterocycles. The van der Waals surface area contributed by atoms with E-state index in [1.807, 2.05) is 0 Å². The highest BCUT2D eigenvalue weighted by Crippen LogP contribution is 2.23. The molecule has 0 amide bonds. The van der Waals surface area contributed by atoms with E-state index in [0.717, 1.165) is 12.1 Å². The minimum Gasteiger partial charge on any atom is -0.315 e. The van der Waals surface area contributed by atoms with Crippen LogP contribution in [0.25, 0.3) is 0 Å². The van der Waals surface area contributed by atoms with Crippen molar-refractivity contribution >= 4 is 0 Å². The normalized spacial score (nSPS) is 30.9. The van der Waals surface area contributed by atoms with Crippen molar-refractivity contribution in [3.05, 3.63) is 0 Å². The van der Waals surface area contributed by atoms with Gasteiger partial charge in [0.1, 0.15) is 0 Å². The Bertz CT molecular complexity index is 156. The van der Waals surface area contributed by atoms with Gasteiger partial charge in [-0.1, -0.05) is 25.7 Å². The Morgan fingerprint density at radius 1 is 0.929 bits per heavy atom. The van der Waals surface area contributed by atoms with E-state index in [0.29, 0.717) is 0 Å². The van der Waals surface area contributed by atoms with Crippen molar-refractivity contribution in [2.45, 2.75) is 57.0 Å². The molecule has 82 valence electrons. The molecule has 2 rings (SSSR count). The second-order valence-electron chi connectivity index (χ2n) is 4.96. The fourth-order valence-electron chi connectivity index (χ4n) is 2.95. The van der Waals surface area contributed by atoms with Crippen LogP contribution < -0.4 is 5.32 Å². The van der Waals surface area contributed by atoms with Gasteiger partial charge in [-0.25, -0.2) is 0 Å². The quantitative estimate of drug-likeness (QED) is 0.680. The third-order valence-corrected chi connectivity index (χ3v) is 4.01. The first kappa shape index (κ1) is 10.4. The third kappa shape index (κ3) is 2.48. The lowest BCUT2D eigenvalue weighted by Crippen LogP contribution is -2.41. The Morgan fingerprint density at radius 2 is 1.64 bits per heavy atom. The van der Waals surface area contributed by atoms with E-state index in [9.17, 15) is 0 Å². The SMILES string of the molecule is CN(C1CCCCCC1)C1CCNC1. The minimum absolute atomic E-state index is 0.818. The summed E-state index contributed by atoms with van der Waals surface area (Å²) in [5, 5.41) is 3.47. The molecule has 2 aliphatic rings. The van der Waals surface area contributed by atoms with Crippen LogP contribution in [0.1, 0.15) is 44.9 Å². The number of hydrogen-bond donors (Lipinski definition) is 1. The largest absolute Gasteiger partial charge is 0.315 e. The summed E-state index contributed by atoms with van der Waals surface area (Å²) in [5.74, 6) is 0. The highest BCUT2D eigenvalue weighted by Gasteiger charge is 2.25. The van der Waals surface area contributed by atoms with Gasteiger partial charge >= 0.3 is 0 Å². The molecule has 2 fully saturated rings. The lowest BCUT2D eigenvalue weighted by atomic mass is 10.1. The van der Waals surface area contributed by atoms with Crippen LogP contribution in [0.5, 0.6) is 0 Å². The van der Waals surface area contributed by atoms with Gasteiger partial charge in [0.15, 0.2) is 0 Å². The summed E-state index contributed by atoms with van der Waals surface area (Å²) in [5.41, 5.74) is 0. The smallest absolute Gasteiger partial charge is 0.0232 e. The van der Waals surface area contributed by atoms with Crippen LogP contribution in [0.4, 0.5) is 0 Å². The van der Waals surface area contributed by atoms with Gasteiger partial charge in [-0.3, -0.25) is 4.90 Å². The van der Waals surface area contributed by atoms with Crippen molar-refractivity contribution in [3.63, 3.8) is 0 Å². The fourth-order valence-corrected chi connectivity index (χ4v) is 2.95. The summed E-state index contributed by atoms with van der Waals surface area (Å²) < 4.78 is 0. The van der Waals surface area contributed by atoms with Crippen LogP contribution in [0, 0.1) is 0 Å². The van der Waals surface area contributed by atoms with E-state index >= 15 is 0 Å². The van der Waals surface area contributed by atoms with Crippen LogP contribution in [-0.4, -0.2) is 37.1 Å². The number of hydrogen-bond acceptors (Lipinski definition) is 2. The molecule has 1 aliphatic carbocycles. The number of nitrogens with zero attached hydrogens (tertiary/aromatic N) is 1. The summed E-state index contributed by atoms with van der Waals surface area (Å²) in [6, 6.07) is 1.69. The number of rotatable bonds is 2. The molecule has 1 aliphatic heterocycles. The first-order chi connectivity index (χ1) is 6.88. The van der Waals surface area contributed by atoms with Gasteiger partial charge in [-0.15, -0.1) is 0 Å². The van der Waals surface area contributed by atoms with Gasteiger partial charge in [-0.2, -0.15) is 0 Å². The molecule has 1 saturated carbocycles. The molecule has 2 nitrogen and oxygen atoms in total. The zero-order chi connectivity index (χ0) is 9.80. The van der Waals surface area contributed by atoms with Crippen molar-refractivity contribution in [3.8, 4) is 0 Å². The third-order valence-electron chi connectivity index (χ3n) is 4.01. The molecule has 2 heteroatoms. The van der Waals surface area contributed by atoms with Gasteiger partial charge in [-0.05, 0) is 32.9 Å². The highest BCUT2D eigenvalue weighted by molar-refractivity contribution is 4.83.